The fourth-order valence-electron chi connectivity index (χ4n) is 2.99. The first-order valence-electron chi connectivity index (χ1n) is 9.92. The third kappa shape index (κ3) is 5.44. The maximum absolute atomic E-state index is 12.6. The Labute approximate surface area is 203 Å². The van der Waals surface area contributed by atoms with Crippen LogP contribution in [0.4, 0.5) is 5.00 Å². The number of nitrogens with one attached hydrogen (secondary N) is 1. The van der Waals surface area contributed by atoms with Gasteiger partial charge < -0.3 is 14.5 Å². The quantitative estimate of drug-likeness (QED) is 0.234. The molecule has 33 heavy (non-hydrogen) atoms. The molecule has 7 nitrogen and oxygen atoms in total. The number of halogens is 1. The minimum Gasteiger partial charge on any atom is -0.462 e. The molecule has 4 rings (SSSR count). The molecule has 0 aliphatic rings. The maximum atomic E-state index is 12.6. The largest absolute Gasteiger partial charge is 0.462 e. The van der Waals surface area contributed by atoms with Crippen LogP contribution in [0.3, 0.4) is 0 Å². The van der Waals surface area contributed by atoms with Gasteiger partial charge in [0.1, 0.15) is 10.6 Å². The summed E-state index contributed by atoms with van der Waals surface area (Å²) in [5.74, 6) is -0.504. The molecule has 0 fully saturated rings. The van der Waals surface area contributed by atoms with Crippen molar-refractivity contribution < 1.29 is 18.7 Å². The van der Waals surface area contributed by atoms with Crippen molar-refractivity contribution in [2.45, 2.75) is 12.1 Å². The monoisotopic (exact) mass is 499 g/mol. The third-order valence-corrected chi connectivity index (χ3v) is 6.49. The van der Waals surface area contributed by atoms with Crippen LogP contribution in [0, 0.1) is 0 Å². The number of esters is 1. The van der Waals surface area contributed by atoms with E-state index >= 15 is 0 Å². The number of aromatic nitrogens is 2. The molecule has 0 atom stereocenters. The Morgan fingerprint density at radius 2 is 1.85 bits per heavy atom. The van der Waals surface area contributed by atoms with Crippen molar-refractivity contribution in [1.82, 2.24) is 10.2 Å². The number of hydrogen-bond donors (Lipinski definition) is 1. The molecular formula is C23H18ClN3O4S2. The van der Waals surface area contributed by atoms with E-state index in [1.807, 2.05) is 41.8 Å². The number of nitrogens with zero attached hydrogens (tertiary/aromatic N) is 2. The average Bonchev–Trinajstić information content (AvgIpc) is 3.46. The van der Waals surface area contributed by atoms with Crippen molar-refractivity contribution in [3.05, 3.63) is 70.6 Å². The molecule has 0 unspecified atom stereocenters. The van der Waals surface area contributed by atoms with E-state index in [-0.39, 0.29) is 29.4 Å². The SMILES string of the molecule is CCOC(=O)c1c(-c2ccccc2)csc1NC(=O)CSc1nnc(-c2ccccc2Cl)o1. The van der Waals surface area contributed by atoms with Crippen molar-refractivity contribution in [1.29, 1.82) is 0 Å². The zero-order valence-corrected chi connectivity index (χ0v) is 19.8. The highest BCUT2D eigenvalue weighted by molar-refractivity contribution is 7.99. The van der Waals surface area contributed by atoms with Gasteiger partial charge in [-0.1, -0.05) is 65.8 Å². The first-order valence-corrected chi connectivity index (χ1v) is 12.2. The smallest absolute Gasteiger partial charge is 0.341 e. The van der Waals surface area contributed by atoms with Crippen molar-refractivity contribution >= 4 is 51.6 Å². The number of amides is 1. The highest BCUT2D eigenvalue weighted by Gasteiger charge is 2.23. The predicted molar refractivity (Wildman–Crippen MR) is 130 cm³/mol. The summed E-state index contributed by atoms with van der Waals surface area (Å²) in [5, 5.41) is 13.8. The standard InChI is InChI=1S/C23H18ClN3O4S2/c1-2-30-22(29)19-16(14-8-4-3-5-9-14)12-32-21(19)25-18(28)13-33-23-27-26-20(31-23)15-10-6-7-11-17(15)24/h3-12H,2,13H2,1H3,(H,25,28). The van der Waals surface area contributed by atoms with Gasteiger partial charge in [-0.15, -0.1) is 21.5 Å². The number of carbonyl (C=O) groups excluding carboxylic acids is 2. The number of ether oxygens (including phenoxy) is 1. The van der Waals surface area contributed by atoms with Crippen molar-refractivity contribution in [2.24, 2.45) is 0 Å². The van der Waals surface area contributed by atoms with Gasteiger partial charge in [0.2, 0.25) is 11.8 Å². The molecule has 0 aliphatic heterocycles. The number of benzene rings is 2. The van der Waals surface area contributed by atoms with Gasteiger partial charge in [-0.05, 0) is 24.6 Å². The van der Waals surface area contributed by atoms with E-state index < -0.39 is 5.97 Å². The van der Waals surface area contributed by atoms with Gasteiger partial charge in [-0.2, -0.15) is 0 Å². The highest BCUT2D eigenvalue weighted by Crippen LogP contribution is 2.36. The summed E-state index contributed by atoms with van der Waals surface area (Å²) in [6.07, 6.45) is 0. The van der Waals surface area contributed by atoms with Crippen molar-refractivity contribution in [3.63, 3.8) is 0 Å². The molecule has 1 N–H and O–H groups in total. The zero-order chi connectivity index (χ0) is 23.2. The first kappa shape index (κ1) is 23.0. The lowest BCUT2D eigenvalue weighted by molar-refractivity contribution is -0.113. The molecule has 0 aliphatic carbocycles. The summed E-state index contributed by atoms with van der Waals surface area (Å²) in [7, 11) is 0. The van der Waals surface area contributed by atoms with E-state index in [4.69, 9.17) is 20.8 Å². The van der Waals surface area contributed by atoms with E-state index in [0.29, 0.717) is 26.7 Å². The van der Waals surface area contributed by atoms with Gasteiger partial charge in [-0.3, -0.25) is 4.79 Å². The molecular weight excluding hydrogens is 482 g/mol. The van der Waals surface area contributed by atoms with Crippen LogP contribution in [0.1, 0.15) is 17.3 Å². The van der Waals surface area contributed by atoms with Crippen LogP contribution < -0.4 is 5.32 Å². The molecule has 4 aromatic rings. The van der Waals surface area contributed by atoms with Gasteiger partial charge in [-0.25, -0.2) is 4.79 Å². The predicted octanol–water partition coefficient (Wildman–Crippen LogP) is 6.03. The van der Waals surface area contributed by atoms with E-state index in [2.05, 4.69) is 15.5 Å². The molecule has 2 heterocycles. The van der Waals surface area contributed by atoms with Crippen LogP contribution in [0.15, 0.2) is 69.6 Å². The van der Waals surface area contributed by atoms with Crippen LogP contribution in [0.25, 0.3) is 22.6 Å². The molecule has 0 spiro atoms. The second-order valence-corrected chi connectivity index (χ2v) is 8.84. The topological polar surface area (TPSA) is 94.3 Å². The Bertz CT molecular complexity index is 1270. The minimum absolute atomic E-state index is 0.0188. The summed E-state index contributed by atoms with van der Waals surface area (Å²) in [4.78, 5) is 25.2. The van der Waals surface area contributed by atoms with Gasteiger partial charge >= 0.3 is 5.97 Å². The Kier molecular flexibility index (Phi) is 7.43. The number of thioether (sulfide) groups is 1. The molecule has 2 aromatic carbocycles. The van der Waals surface area contributed by atoms with Crippen LogP contribution in [0.2, 0.25) is 5.02 Å². The Balaban J connectivity index is 1.46. The maximum Gasteiger partial charge on any atom is 0.341 e. The van der Waals surface area contributed by atoms with E-state index in [1.54, 1.807) is 25.1 Å². The zero-order valence-electron chi connectivity index (χ0n) is 17.4. The second-order valence-electron chi connectivity index (χ2n) is 6.63. The van der Waals surface area contributed by atoms with Gasteiger partial charge in [0, 0.05) is 10.9 Å². The van der Waals surface area contributed by atoms with E-state index in [1.165, 1.54) is 11.3 Å². The Hall–Kier alpha value is -3.14. The van der Waals surface area contributed by atoms with Crippen LogP contribution >= 0.6 is 34.7 Å². The summed E-state index contributed by atoms with van der Waals surface area (Å²) in [6, 6.07) is 16.6. The van der Waals surface area contributed by atoms with Gasteiger partial charge in [0.25, 0.3) is 5.22 Å². The number of hydrogen-bond acceptors (Lipinski definition) is 8. The molecule has 10 heteroatoms. The molecule has 2 aromatic heterocycles. The lowest BCUT2D eigenvalue weighted by atomic mass is 10.0. The van der Waals surface area contributed by atoms with E-state index in [9.17, 15) is 9.59 Å². The lowest BCUT2D eigenvalue weighted by Gasteiger charge is -2.08. The summed E-state index contributed by atoms with van der Waals surface area (Å²) >= 11 is 8.52. The lowest BCUT2D eigenvalue weighted by Crippen LogP contribution is -2.16. The summed E-state index contributed by atoms with van der Waals surface area (Å²) in [5.41, 5.74) is 2.53. The molecule has 0 bridgehead atoms. The molecule has 0 saturated carbocycles. The summed E-state index contributed by atoms with van der Waals surface area (Å²) < 4.78 is 10.8. The number of anilines is 1. The van der Waals surface area contributed by atoms with E-state index in [0.717, 1.165) is 17.3 Å². The van der Waals surface area contributed by atoms with Gasteiger partial charge in [0.05, 0.1) is 22.9 Å². The fourth-order valence-corrected chi connectivity index (χ4v) is 4.74. The average molecular weight is 500 g/mol. The normalized spacial score (nSPS) is 10.7. The van der Waals surface area contributed by atoms with Crippen molar-refractivity contribution in [2.75, 3.05) is 17.7 Å². The number of rotatable bonds is 8. The fraction of sp³-hybridized carbons (Fsp3) is 0.130. The van der Waals surface area contributed by atoms with Crippen LogP contribution in [0.5, 0.6) is 0 Å². The van der Waals surface area contributed by atoms with Crippen LogP contribution in [-0.2, 0) is 9.53 Å². The Morgan fingerprint density at radius 3 is 2.61 bits per heavy atom. The van der Waals surface area contributed by atoms with Gasteiger partial charge in [0.15, 0.2) is 0 Å². The minimum atomic E-state index is -0.484. The Morgan fingerprint density at radius 1 is 1.09 bits per heavy atom. The first-order chi connectivity index (χ1) is 16.1. The molecule has 0 radical (unpaired) electrons. The number of carbonyl (C=O) groups is 2. The second kappa shape index (κ2) is 10.7. The molecule has 168 valence electrons. The summed E-state index contributed by atoms with van der Waals surface area (Å²) in [6.45, 7) is 1.97. The molecule has 0 saturated heterocycles. The van der Waals surface area contributed by atoms with Crippen LogP contribution in [-0.4, -0.2) is 34.4 Å². The number of thiophene rings is 1. The molecule has 1 amide bonds. The third-order valence-electron chi connectivity index (χ3n) is 4.45. The highest BCUT2D eigenvalue weighted by atomic mass is 35.5. The van der Waals surface area contributed by atoms with Crippen molar-refractivity contribution in [3.8, 4) is 22.6 Å².